The normalized spacial score (nSPS) is 25.1. The van der Waals surface area contributed by atoms with Gasteiger partial charge < -0.3 is 5.32 Å². The first kappa shape index (κ1) is 16.0. The molecule has 0 bridgehead atoms. The van der Waals surface area contributed by atoms with Crippen LogP contribution >= 0.6 is 15.9 Å². The molecule has 1 N–H and O–H groups in total. The fourth-order valence-electron chi connectivity index (χ4n) is 4.10. The predicted octanol–water partition coefficient (Wildman–Crippen LogP) is 6.57. The monoisotopic (exact) mass is 381 g/mol. The summed E-state index contributed by atoms with van der Waals surface area (Å²) in [6.07, 6.45) is 5.89. The van der Waals surface area contributed by atoms with E-state index in [2.05, 4.69) is 96.6 Å². The van der Waals surface area contributed by atoms with E-state index in [1.165, 1.54) is 22.4 Å². The Labute approximate surface area is 153 Å². The minimum Gasteiger partial charge on any atom is -0.377 e. The Kier molecular flexibility index (Phi) is 3.84. The van der Waals surface area contributed by atoms with E-state index in [9.17, 15) is 0 Å². The molecule has 0 spiro atoms. The average Bonchev–Trinajstić information content (AvgIpc) is 3.04. The maximum atomic E-state index is 3.82. The number of rotatable bonds is 1. The fourth-order valence-corrected chi connectivity index (χ4v) is 4.60. The summed E-state index contributed by atoms with van der Waals surface area (Å²) in [7, 11) is 0. The standard InChI is InChI=1S/C22H24BrN/c1-22(2,3)15-12-10-14(11-13-15)20-17-7-4-6-16(17)18-8-5-9-19(23)21(18)24-20/h4-6,8-13,16-17,20,24H,7H2,1-3H3/t16-,17+,20-/m0/s1. The fraction of sp³-hybridized carbons (Fsp3) is 0.364. The highest BCUT2D eigenvalue weighted by Gasteiger charge is 2.38. The second-order valence-electron chi connectivity index (χ2n) is 8.05. The zero-order chi connectivity index (χ0) is 16.9. The molecule has 1 heterocycles. The van der Waals surface area contributed by atoms with Gasteiger partial charge in [-0.1, -0.05) is 69.3 Å². The van der Waals surface area contributed by atoms with Gasteiger partial charge in [-0.25, -0.2) is 0 Å². The van der Waals surface area contributed by atoms with Crippen LogP contribution in [-0.2, 0) is 5.41 Å². The van der Waals surface area contributed by atoms with Crippen molar-refractivity contribution in [3.8, 4) is 0 Å². The molecule has 1 nitrogen and oxygen atoms in total. The zero-order valence-electron chi connectivity index (χ0n) is 14.5. The Bertz CT molecular complexity index is 783. The average molecular weight is 382 g/mol. The molecule has 1 aliphatic heterocycles. The van der Waals surface area contributed by atoms with Crippen molar-refractivity contribution in [1.82, 2.24) is 0 Å². The lowest BCUT2D eigenvalue weighted by molar-refractivity contribution is 0.425. The third kappa shape index (κ3) is 2.61. The molecule has 124 valence electrons. The van der Waals surface area contributed by atoms with Crippen molar-refractivity contribution in [3.05, 3.63) is 75.8 Å². The minimum absolute atomic E-state index is 0.200. The molecule has 4 rings (SSSR count). The zero-order valence-corrected chi connectivity index (χ0v) is 16.1. The third-order valence-corrected chi connectivity index (χ3v) is 6.14. The van der Waals surface area contributed by atoms with Crippen LogP contribution < -0.4 is 5.32 Å². The minimum atomic E-state index is 0.200. The van der Waals surface area contributed by atoms with Gasteiger partial charge in [-0.2, -0.15) is 0 Å². The Hall–Kier alpha value is -1.54. The number of anilines is 1. The van der Waals surface area contributed by atoms with Gasteiger partial charge >= 0.3 is 0 Å². The lowest BCUT2D eigenvalue weighted by Gasteiger charge is -2.38. The van der Waals surface area contributed by atoms with Gasteiger partial charge in [-0.3, -0.25) is 0 Å². The summed E-state index contributed by atoms with van der Waals surface area (Å²) in [4.78, 5) is 0. The van der Waals surface area contributed by atoms with Crippen molar-refractivity contribution in [2.45, 2.75) is 44.6 Å². The lowest BCUT2D eigenvalue weighted by Crippen LogP contribution is -2.29. The molecule has 2 heteroatoms. The number of nitrogens with one attached hydrogen (secondary N) is 1. The molecule has 0 aromatic heterocycles. The Morgan fingerprint density at radius 1 is 1.04 bits per heavy atom. The number of fused-ring (bicyclic) bond motifs is 3. The Morgan fingerprint density at radius 3 is 2.50 bits per heavy atom. The number of halogens is 1. The molecule has 2 aromatic carbocycles. The first-order chi connectivity index (χ1) is 11.4. The molecule has 0 amide bonds. The number of hydrogen-bond acceptors (Lipinski definition) is 1. The van der Waals surface area contributed by atoms with E-state index in [4.69, 9.17) is 0 Å². The number of allylic oxidation sites excluding steroid dienone is 2. The van der Waals surface area contributed by atoms with E-state index in [0.717, 1.165) is 10.9 Å². The smallest absolute Gasteiger partial charge is 0.0554 e. The summed E-state index contributed by atoms with van der Waals surface area (Å²) in [6, 6.07) is 16.1. The molecule has 0 fully saturated rings. The van der Waals surface area contributed by atoms with Crippen LogP contribution in [0.1, 0.15) is 55.8 Å². The van der Waals surface area contributed by atoms with E-state index in [1.807, 2.05) is 0 Å². The Morgan fingerprint density at radius 2 is 1.79 bits per heavy atom. The van der Waals surface area contributed by atoms with Crippen LogP contribution in [0.4, 0.5) is 5.69 Å². The highest BCUT2D eigenvalue weighted by atomic mass is 79.9. The molecule has 24 heavy (non-hydrogen) atoms. The third-order valence-electron chi connectivity index (χ3n) is 5.48. The summed E-state index contributed by atoms with van der Waals surface area (Å²) >= 11 is 3.73. The molecular formula is C22H24BrN. The predicted molar refractivity (Wildman–Crippen MR) is 106 cm³/mol. The quantitative estimate of drug-likeness (QED) is 0.550. The van der Waals surface area contributed by atoms with E-state index in [1.54, 1.807) is 0 Å². The first-order valence-corrected chi connectivity index (χ1v) is 9.56. The highest BCUT2D eigenvalue weighted by Crippen LogP contribution is 2.51. The number of hydrogen-bond donors (Lipinski definition) is 1. The van der Waals surface area contributed by atoms with E-state index >= 15 is 0 Å². The molecule has 0 unspecified atom stereocenters. The molecule has 2 aliphatic rings. The molecule has 1 aliphatic carbocycles. The van der Waals surface area contributed by atoms with Gasteiger partial charge in [0.15, 0.2) is 0 Å². The van der Waals surface area contributed by atoms with Crippen molar-refractivity contribution in [2.24, 2.45) is 5.92 Å². The SMILES string of the molecule is CC(C)(C)c1ccc([C@@H]2Nc3c(Br)cccc3[C@H]3C=CC[C@H]32)cc1. The van der Waals surface area contributed by atoms with E-state index in [-0.39, 0.29) is 5.41 Å². The van der Waals surface area contributed by atoms with Crippen molar-refractivity contribution in [2.75, 3.05) is 5.32 Å². The summed E-state index contributed by atoms with van der Waals surface area (Å²) in [5, 5.41) is 3.82. The van der Waals surface area contributed by atoms with Crippen molar-refractivity contribution < 1.29 is 0 Å². The summed E-state index contributed by atoms with van der Waals surface area (Å²) in [5.74, 6) is 1.12. The van der Waals surface area contributed by atoms with Gasteiger partial charge in [0.25, 0.3) is 0 Å². The van der Waals surface area contributed by atoms with Crippen LogP contribution in [0, 0.1) is 5.92 Å². The van der Waals surface area contributed by atoms with Crippen LogP contribution in [0.2, 0.25) is 0 Å². The van der Waals surface area contributed by atoms with Crippen LogP contribution in [0.3, 0.4) is 0 Å². The lowest BCUT2D eigenvalue weighted by atomic mass is 9.76. The largest absolute Gasteiger partial charge is 0.377 e. The maximum absolute atomic E-state index is 3.82. The Balaban J connectivity index is 1.73. The van der Waals surface area contributed by atoms with Gasteiger partial charge in [-0.05, 0) is 56.4 Å². The number of benzene rings is 2. The maximum Gasteiger partial charge on any atom is 0.0554 e. The second kappa shape index (κ2) is 5.77. The van der Waals surface area contributed by atoms with Crippen molar-refractivity contribution in [3.63, 3.8) is 0 Å². The second-order valence-corrected chi connectivity index (χ2v) is 8.91. The first-order valence-electron chi connectivity index (χ1n) is 8.77. The topological polar surface area (TPSA) is 12.0 Å². The molecule has 2 aromatic rings. The van der Waals surface area contributed by atoms with Crippen LogP contribution in [-0.4, -0.2) is 0 Å². The van der Waals surface area contributed by atoms with Gasteiger partial charge in [0.05, 0.1) is 11.7 Å². The van der Waals surface area contributed by atoms with Crippen LogP contribution in [0.15, 0.2) is 59.1 Å². The van der Waals surface area contributed by atoms with Gasteiger partial charge in [0.2, 0.25) is 0 Å². The summed E-state index contributed by atoms with van der Waals surface area (Å²) in [5.41, 5.74) is 5.67. The van der Waals surface area contributed by atoms with Gasteiger partial charge in [0, 0.05) is 10.4 Å². The number of para-hydroxylation sites is 1. The molecule has 0 saturated carbocycles. The summed E-state index contributed by atoms with van der Waals surface area (Å²) < 4.78 is 1.16. The van der Waals surface area contributed by atoms with E-state index in [0.29, 0.717) is 17.9 Å². The molecular weight excluding hydrogens is 358 g/mol. The molecule has 0 radical (unpaired) electrons. The van der Waals surface area contributed by atoms with E-state index < -0.39 is 0 Å². The molecule has 3 atom stereocenters. The summed E-state index contributed by atoms with van der Waals surface area (Å²) in [6.45, 7) is 6.81. The van der Waals surface area contributed by atoms with Crippen molar-refractivity contribution >= 4 is 21.6 Å². The van der Waals surface area contributed by atoms with Crippen LogP contribution in [0.25, 0.3) is 0 Å². The highest BCUT2D eigenvalue weighted by molar-refractivity contribution is 9.10. The van der Waals surface area contributed by atoms with Gasteiger partial charge in [0.1, 0.15) is 0 Å². The van der Waals surface area contributed by atoms with Gasteiger partial charge in [-0.15, -0.1) is 0 Å². The van der Waals surface area contributed by atoms with Crippen molar-refractivity contribution in [1.29, 1.82) is 0 Å². The molecule has 0 saturated heterocycles. The van der Waals surface area contributed by atoms with Crippen LogP contribution in [0.5, 0.6) is 0 Å².